The molecule has 0 spiro atoms. The maximum atomic E-state index is 11.9. The molecule has 0 fully saturated rings. The Labute approximate surface area is 109 Å². The zero-order valence-corrected chi connectivity index (χ0v) is 12.0. The van der Waals surface area contributed by atoms with Gasteiger partial charge in [0.1, 0.15) is 5.75 Å². The number of benzene rings is 1. The lowest BCUT2D eigenvalue weighted by atomic mass is 10.1. The summed E-state index contributed by atoms with van der Waals surface area (Å²) in [5.41, 5.74) is 1.12. The zero-order chi connectivity index (χ0) is 13.9. The maximum Gasteiger partial charge on any atom is 0.350 e. The summed E-state index contributed by atoms with van der Waals surface area (Å²) in [5, 5.41) is 0. The van der Waals surface area contributed by atoms with Crippen molar-refractivity contribution in [3.05, 3.63) is 29.3 Å². The van der Waals surface area contributed by atoms with Crippen LogP contribution in [0.4, 0.5) is 0 Å². The molecule has 0 saturated carbocycles. The van der Waals surface area contributed by atoms with Gasteiger partial charge in [0.15, 0.2) is 5.60 Å². The van der Waals surface area contributed by atoms with Crippen LogP contribution in [-0.2, 0) is 9.53 Å². The van der Waals surface area contributed by atoms with Crippen molar-refractivity contribution in [2.75, 3.05) is 0 Å². The summed E-state index contributed by atoms with van der Waals surface area (Å²) in [7, 11) is 0. The molecule has 0 amide bonds. The van der Waals surface area contributed by atoms with Crippen LogP contribution < -0.4 is 4.74 Å². The third kappa shape index (κ3) is 3.76. The quantitative estimate of drug-likeness (QED) is 0.768. The SMILES string of the molecule is Cc1ccc(C)c(OC(C)(C)C(=O)OC(C)C)c1. The molecule has 0 heterocycles. The second-order valence-electron chi connectivity index (χ2n) is 5.34. The van der Waals surface area contributed by atoms with Crippen molar-refractivity contribution in [3.63, 3.8) is 0 Å². The molecule has 100 valence electrons. The van der Waals surface area contributed by atoms with E-state index in [0.29, 0.717) is 0 Å². The topological polar surface area (TPSA) is 35.5 Å². The Morgan fingerprint density at radius 1 is 1.22 bits per heavy atom. The van der Waals surface area contributed by atoms with Gasteiger partial charge in [0.2, 0.25) is 0 Å². The lowest BCUT2D eigenvalue weighted by molar-refractivity contribution is -0.163. The van der Waals surface area contributed by atoms with Gasteiger partial charge in [-0.2, -0.15) is 0 Å². The first-order chi connectivity index (χ1) is 8.22. The minimum Gasteiger partial charge on any atom is -0.476 e. The highest BCUT2D eigenvalue weighted by Gasteiger charge is 2.32. The van der Waals surface area contributed by atoms with E-state index >= 15 is 0 Å². The third-order valence-corrected chi connectivity index (χ3v) is 2.54. The Kier molecular flexibility index (Phi) is 4.38. The van der Waals surface area contributed by atoms with Gasteiger partial charge in [0.25, 0.3) is 0 Å². The first-order valence-electron chi connectivity index (χ1n) is 6.19. The fourth-order valence-electron chi connectivity index (χ4n) is 1.49. The van der Waals surface area contributed by atoms with Crippen LogP contribution >= 0.6 is 0 Å². The van der Waals surface area contributed by atoms with E-state index in [9.17, 15) is 4.79 Å². The fraction of sp³-hybridized carbons (Fsp3) is 0.533. The van der Waals surface area contributed by atoms with Crippen molar-refractivity contribution in [2.45, 2.75) is 53.2 Å². The molecule has 0 atom stereocenters. The number of aryl methyl sites for hydroxylation is 2. The molecule has 0 radical (unpaired) electrons. The van der Waals surface area contributed by atoms with Gasteiger partial charge in [-0.1, -0.05) is 12.1 Å². The standard InChI is InChI=1S/C15H22O3/c1-10(2)17-14(16)15(5,6)18-13-9-11(3)7-8-12(13)4/h7-10H,1-6H3. The number of hydrogen-bond donors (Lipinski definition) is 0. The molecule has 0 N–H and O–H groups in total. The number of esters is 1. The van der Waals surface area contributed by atoms with Gasteiger partial charge in [0.05, 0.1) is 6.10 Å². The predicted octanol–water partition coefficient (Wildman–Crippen LogP) is 3.41. The van der Waals surface area contributed by atoms with Crippen LogP contribution in [0.15, 0.2) is 18.2 Å². The molecule has 1 rings (SSSR count). The van der Waals surface area contributed by atoms with Gasteiger partial charge in [0, 0.05) is 0 Å². The summed E-state index contributed by atoms with van der Waals surface area (Å²) in [5.74, 6) is 0.374. The zero-order valence-electron chi connectivity index (χ0n) is 12.0. The normalized spacial score (nSPS) is 11.5. The van der Waals surface area contributed by atoms with Crippen LogP contribution in [0.3, 0.4) is 0 Å². The van der Waals surface area contributed by atoms with Crippen LogP contribution in [-0.4, -0.2) is 17.7 Å². The third-order valence-electron chi connectivity index (χ3n) is 2.54. The molecule has 0 aromatic heterocycles. The number of carbonyl (C=O) groups is 1. The molecule has 3 heteroatoms. The summed E-state index contributed by atoms with van der Waals surface area (Å²) in [6.07, 6.45) is -0.140. The van der Waals surface area contributed by atoms with Gasteiger partial charge >= 0.3 is 5.97 Å². The highest BCUT2D eigenvalue weighted by Crippen LogP contribution is 2.25. The Balaban J connectivity index is 2.87. The molecule has 0 aliphatic heterocycles. The van der Waals surface area contributed by atoms with Gasteiger partial charge in [-0.15, -0.1) is 0 Å². The highest BCUT2D eigenvalue weighted by molar-refractivity contribution is 5.79. The molecule has 1 aromatic rings. The lowest BCUT2D eigenvalue weighted by Crippen LogP contribution is -2.41. The van der Waals surface area contributed by atoms with Gasteiger partial charge in [-0.05, 0) is 58.7 Å². The molecular weight excluding hydrogens is 228 g/mol. The highest BCUT2D eigenvalue weighted by atomic mass is 16.6. The van der Waals surface area contributed by atoms with Gasteiger partial charge in [-0.25, -0.2) is 4.79 Å². The Hall–Kier alpha value is -1.51. The van der Waals surface area contributed by atoms with E-state index < -0.39 is 5.60 Å². The minimum atomic E-state index is -0.983. The largest absolute Gasteiger partial charge is 0.476 e. The second-order valence-corrected chi connectivity index (χ2v) is 5.34. The minimum absolute atomic E-state index is 0.140. The van der Waals surface area contributed by atoms with E-state index in [2.05, 4.69) is 0 Å². The Bertz CT molecular complexity index is 433. The summed E-state index contributed by atoms with van der Waals surface area (Å²) in [6, 6.07) is 5.93. The van der Waals surface area contributed by atoms with Crippen molar-refractivity contribution < 1.29 is 14.3 Å². The monoisotopic (exact) mass is 250 g/mol. The van der Waals surface area contributed by atoms with E-state index in [1.165, 1.54) is 0 Å². The molecule has 0 aliphatic rings. The van der Waals surface area contributed by atoms with E-state index in [4.69, 9.17) is 9.47 Å². The fourth-order valence-corrected chi connectivity index (χ4v) is 1.49. The average molecular weight is 250 g/mol. The van der Waals surface area contributed by atoms with Crippen LogP contribution in [0.2, 0.25) is 0 Å². The summed E-state index contributed by atoms with van der Waals surface area (Å²) < 4.78 is 11.0. The molecular formula is C15H22O3. The van der Waals surface area contributed by atoms with E-state index in [1.807, 2.05) is 45.9 Å². The molecule has 0 bridgehead atoms. The number of carbonyl (C=O) groups excluding carboxylic acids is 1. The first kappa shape index (κ1) is 14.6. The molecule has 3 nitrogen and oxygen atoms in total. The lowest BCUT2D eigenvalue weighted by Gasteiger charge is -2.26. The Morgan fingerprint density at radius 3 is 2.39 bits per heavy atom. The van der Waals surface area contributed by atoms with E-state index in [0.717, 1.165) is 16.9 Å². The van der Waals surface area contributed by atoms with Crippen LogP contribution in [0.25, 0.3) is 0 Å². The summed E-state index contributed by atoms with van der Waals surface area (Å²) in [6.45, 7) is 11.0. The van der Waals surface area contributed by atoms with E-state index in [1.54, 1.807) is 13.8 Å². The molecule has 0 unspecified atom stereocenters. The smallest absolute Gasteiger partial charge is 0.350 e. The predicted molar refractivity (Wildman–Crippen MR) is 71.9 cm³/mol. The van der Waals surface area contributed by atoms with Crippen LogP contribution in [0, 0.1) is 13.8 Å². The first-order valence-corrected chi connectivity index (χ1v) is 6.19. The summed E-state index contributed by atoms with van der Waals surface area (Å²) >= 11 is 0. The Morgan fingerprint density at radius 2 is 1.83 bits per heavy atom. The van der Waals surface area contributed by atoms with Crippen molar-refractivity contribution in [1.82, 2.24) is 0 Å². The van der Waals surface area contributed by atoms with Gasteiger partial charge in [-0.3, -0.25) is 0 Å². The van der Waals surface area contributed by atoms with Crippen molar-refractivity contribution in [2.24, 2.45) is 0 Å². The molecule has 0 saturated heterocycles. The number of hydrogen-bond acceptors (Lipinski definition) is 3. The molecule has 1 aromatic carbocycles. The summed E-state index contributed by atoms with van der Waals surface area (Å²) in [4.78, 5) is 11.9. The maximum absolute atomic E-state index is 11.9. The average Bonchev–Trinajstić information content (AvgIpc) is 2.22. The van der Waals surface area contributed by atoms with Crippen LogP contribution in [0.5, 0.6) is 5.75 Å². The number of ether oxygens (including phenoxy) is 2. The van der Waals surface area contributed by atoms with Crippen molar-refractivity contribution in [3.8, 4) is 5.75 Å². The van der Waals surface area contributed by atoms with Crippen molar-refractivity contribution in [1.29, 1.82) is 0 Å². The van der Waals surface area contributed by atoms with Crippen LogP contribution in [0.1, 0.15) is 38.8 Å². The van der Waals surface area contributed by atoms with E-state index in [-0.39, 0.29) is 12.1 Å². The van der Waals surface area contributed by atoms with Gasteiger partial charge < -0.3 is 9.47 Å². The number of rotatable bonds is 4. The van der Waals surface area contributed by atoms with Crippen molar-refractivity contribution >= 4 is 5.97 Å². The second kappa shape index (κ2) is 5.42. The molecule has 18 heavy (non-hydrogen) atoms. The molecule has 0 aliphatic carbocycles.